The van der Waals surface area contributed by atoms with Crippen molar-refractivity contribution in [2.75, 3.05) is 11.1 Å². The molecule has 0 atom stereocenters. The predicted octanol–water partition coefficient (Wildman–Crippen LogP) is 0.729. The molecule has 0 radical (unpaired) electrons. The highest BCUT2D eigenvalue weighted by Crippen LogP contribution is 2.12. The van der Waals surface area contributed by atoms with Crippen LogP contribution >= 0.6 is 11.3 Å². The number of nitrogens with two attached hydrogens (primary N) is 1. The first-order chi connectivity index (χ1) is 7.66. The number of nitrogens with one attached hydrogen (secondary N) is 2. The number of aromatic amines is 1. The maximum atomic E-state index is 11.2. The molecule has 0 aliphatic heterocycles. The third-order valence-corrected chi connectivity index (χ3v) is 2.93. The maximum Gasteiger partial charge on any atom is 0.276 e. The van der Waals surface area contributed by atoms with E-state index in [2.05, 4.69) is 20.3 Å². The fourth-order valence-corrected chi connectivity index (χ4v) is 1.91. The van der Waals surface area contributed by atoms with E-state index < -0.39 is 0 Å². The van der Waals surface area contributed by atoms with E-state index in [1.54, 1.807) is 11.3 Å². The summed E-state index contributed by atoms with van der Waals surface area (Å²) in [6.45, 7) is 2.44. The molecule has 0 spiro atoms. The largest absolute Gasteiger partial charge is 0.391 e. The summed E-state index contributed by atoms with van der Waals surface area (Å²) in [6, 6.07) is 0. The number of nitrogen functional groups attached to an aromatic ring is 1. The summed E-state index contributed by atoms with van der Waals surface area (Å²) >= 11 is 1.55. The number of H-pyrrole nitrogens is 1. The minimum absolute atomic E-state index is 0.0933. The van der Waals surface area contributed by atoms with Gasteiger partial charge in [-0.2, -0.15) is 0 Å². The molecule has 4 N–H and O–H groups in total. The van der Waals surface area contributed by atoms with Crippen LogP contribution < -0.4 is 16.6 Å². The number of hydrogen-bond donors (Lipinski definition) is 3. The topological polar surface area (TPSA) is 96.7 Å². The smallest absolute Gasteiger partial charge is 0.276 e. The van der Waals surface area contributed by atoms with Gasteiger partial charge in [-0.1, -0.05) is 0 Å². The second-order valence-electron chi connectivity index (χ2n) is 3.23. The number of aryl methyl sites for hydroxylation is 1. The molecule has 0 aliphatic carbocycles. The van der Waals surface area contributed by atoms with Crippen molar-refractivity contribution in [3.63, 3.8) is 0 Å². The van der Waals surface area contributed by atoms with E-state index in [1.807, 2.05) is 12.3 Å². The van der Waals surface area contributed by atoms with Gasteiger partial charge in [-0.3, -0.25) is 4.79 Å². The molecule has 0 saturated carbocycles. The summed E-state index contributed by atoms with van der Waals surface area (Å²) in [7, 11) is 0. The van der Waals surface area contributed by atoms with Gasteiger partial charge in [-0.15, -0.1) is 11.3 Å². The molecule has 16 heavy (non-hydrogen) atoms. The highest BCUT2D eigenvalue weighted by molar-refractivity contribution is 7.09. The minimum Gasteiger partial charge on any atom is -0.391 e. The first-order valence-electron chi connectivity index (χ1n) is 4.65. The Hall–Kier alpha value is -1.89. The standard InChI is InChI=1S/C9H11N5OS/c1-5-3-16-6(14-5)2-11-8-7(10)9(15)13-4-12-8/h3-4H,2,10H2,1H3,(H2,11,12,13,15). The Labute approximate surface area is 95.6 Å². The number of anilines is 2. The monoisotopic (exact) mass is 237 g/mol. The number of nitrogens with zero attached hydrogens (tertiary/aromatic N) is 2. The van der Waals surface area contributed by atoms with Crippen molar-refractivity contribution in [1.29, 1.82) is 0 Å². The molecule has 2 aromatic rings. The maximum absolute atomic E-state index is 11.2. The molecule has 0 unspecified atom stereocenters. The van der Waals surface area contributed by atoms with Crippen LogP contribution in [0.1, 0.15) is 10.7 Å². The van der Waals surface area contributed by atoms with Gasteiger partial charge in [0.25, 0.3) is 5.56 Å². The fourth-order valence-electron chi connectivity index (χ4n) is 1.19. The Morgan fingerprint density at radius 1 is 1.62 bits per heavy atom. The van der Waals surface area contributed by atoms with Crippen molar-refractivity contribution in [3.8, 4) is 0 Å². The minimum atomic E-state index is -0.340. The lowest BCUT2D eigenvalue weighted by Crippen LogP contribution is -2.16. The van der Waals surface area contributed by atoms with Crippen LogP contribution in [-0.2, 0) is 6.54 Å². The Bertz CT molecular complexity index is 547. The lowest BCUT2D eigenvalue weighted by molar-refractivity contribution is 1.04. The number of thiazole rings is 1. The van der Waals surface area contributed by atoms with Crippen LogP contribution in [0.25, 0.3) is 0 Å². The third-order valence-electron chi connectivity index (χ3n) is 1.96. The van der Waals surface area contributed by atoms with Crippen LogP contribution in [-0.4, -0.2) is 15.0 Å². The first kappa shape index (κ1) is 10.6. The van der Waals surface area contributed by atoms with Crippen LogP contribution in [0.2, 0.25) is 0 Å². The number of aromatic nitrogens is 3. The molecule has 84 valence electrons. The lowest BCUT2D eigenvalue weighted by Gasteiger charge is -2.04. The second kappa shape index (κ2) is 4.31. The van der Waals surface area contributed by atoms with Gasteiger partial charge < -0.3 is 16.0 Å². The average molecular weight is 237 g/mol. The van der Waals surface area contributed by atoms with Crippen LogP contribution in [0.15, 0.2) is 16.5 Å². The highest BCUT2D eigenvalue weighted by atomic mass is 32.1. The SMILES string of the molecule is Cc1csc(CNc2nc[nH]c(=O)c2N)n1. The molecule has 0 fully saturated rings. The van der Waals surface area contributed by atoms with E-state index in [-0.39, 0.29) is 11.2 Å². The van der Waals surface area contributed by atoms with Crippen molar-refractivity contribution in [2.45, 2.75) is 13.5 Å². The number of hydrogen-bond acceptors (Lipinski definition) is 6. The van der Waals surface area contributed by atoms with Gasteiger partial charge in [-0.25, -0.2) is 9.97 Å². The van der Waals surface area contributed by atoms with Gasteiger partial charge in [-0.05, 0) is 6.92 Å². The highest BCUT2D eigenvalue weighted by Gasteiger charge is 2.04. The molecule has 0 bridgehead atoms. The van der Waals surface area contributed by atoms with Crippen LogP contribution in [0.5, 0.6) is 0 Å². The molecule has 6 nitrogen and oxygen atoms in total. The van der Waals surface area contributed by atoms with Crippen molar-refractivity contribution < 1.29 is 0 Å². The van der Waals surface area contributed by atoms with E-state index in [9.17, 15) is 4.79 Å². The summed E-state index contributed by atoms with van der Waals surface area (Å²) in [6.07, 6.45) is 1.31. The van der Waals surface area contributed by atoms with Crippen LogP contribution in [0.3, 0.4) is 0 Å². The van der Waals surface area contributed by atoms with Gasteiger partial charge in [0.2, 0.25) is 0 Å². The molecule has 0 amide bonds. The van der Waals surface area contributed by atoms with Crippen molar-refractivity contribution in [3.05, 3.63) is 32.8 Å². The molecule has 0 aliphatic rings. The van der Waals surface area contributed by atoms with E-state index in [0.29, 0.717) is 12.4 Å². The first-order valence-corrected chi connectivity index (χ1v) is 5.53. The third kappa shape index (κ3) is 2.19. The molecule has 2 aromatic heterocycles. The van der Waals surface area contributed by atoms with Crippen LogP contribution in [0.4, 0.5) is 11.5 Å². The zero-order valence-electron chi connectivity index (χ0n) is 8.65. The van der Waals surface area contributed by atoms with Gasteiger partial charge in [0, 0.05) is 11.1 Å². The van der Waals surface area contributed by atoms with Crippen molar-refractivity contribution in [2.24, 2.45) is 0 Å². The molecule has 0 aromatic carbocycles. The van der Waals surface area contributed by atoms with Gasteiger partial charge in [0.1, 0.15) is 10.7 Å². The van der Waals surface area contributed by atoms with Gasteiger partial charge in [0.05, 0.1) is 12.9 Å². The van der Waals surface area contributed by atoms with E-state index >= 15 is 0 Å². The summed E-state index contributed by atoms with van der Waals surface area (Å²) in [5.41, 5.74) is 6.30. The Kier molecular flexibility index (Phi) is 2.86. The van der Waals surface area contributed by atoms with E-state index in [4.69, 9.17) is 5.73 Å². The summed E-state index contributed by atoms with van der Waals surface area (Å²) in [5.74, 6) is 0.386. The zero-order valence-corrected chi connectivity index (χ0v) is 9.47. The van der Waals surface area contributed by atoms with Crippen LogP contribution in [0, 0.1) is 6.92 Å². The molecule has 0 saturated heterocycles. The van der Waals surface area contributed by atoms with E-state index in [1.165, 1.54) is 6.33 Å². The summed E-state index contributed by atoms with van der Waals surface area (Å²) < 4.78 is 0. The lowest BCUT2D eigenvalue weighted by atomic mass is 10.4. The zero-order chi connectivity index (χ0) is 11.5. The normalized spacial score (nSPS) is 10.3. The predicted molar refractivity (Wildman–Crippen MR) is 63.4 cm³/mol. The Balaban J connectivity index is 2.10. The quantitative estimate of drug-likeness (QED) is 0.731. The molecular weight excluding hydrogens is 226 g/mol. The molecule has 2 heterocycles. The summed E-state index contributed by atoms with van der Waals surface area (Å²) in [5, 5.41) is 5.87. The Morgan fingerprint density at radius 2 is 2.44 bits per heavy atom. The second-order valence-corrected chi connectivity index (χ2v) is 4.17. The molecule has 2 rings (SSSR count). The molecular formula is C9H11N5OS. The van der Waals surface area contributed by atoms with Crippen molar-refractivity contribution >= 4 is 22.8 Å². The average Bonchev–Trinajstić information content (AvgIpc) is 2.67. The number of rotatable bonds is 3. The van der Waals surface area contributed by atoms with Gasteiger partial charge in [0.15, 0.2) is 5.82 Å². The van der Waals surface area contributed by atoms with Gasteiger partial charge >= 0.3 is 0 Å². The Morgan fingerprint density at radius 3 is 3.12 bits per heavy atom. The molecule has 7 heteroatoms. The van der Waals surface area contributed by atoms with E-state index in [0.717, 1.165) is 10.7 Å². The fraction of sp³-hybridized carbons (Fsp3) is 0.222. The van der Waals surface area contributed by atoms with Crippen molar-refractivity contribution in [1.82, 2.24) is 15.0 Å². The summed E-state index contributed by atoms with van der Waals surface area (Å²) in [4.78, 5) is 21.8.